The molecule has 1 aromatic rings. The second-order valence-electron chi connectivity index (χ2n) is 4.19. The average molecular weight is 239 g/mol. The van der Waals surface area contributed by atoms with E-state index >= 15 is 0 Å². The lowest BCUT2D eigenvalue weighted by atomic mass is 10.2. The van der Waals surface area contributed by atoms with Gasteiger partial charge in [0, 0.05) is 29.3 Å². The Morgan fingerprint density at radius 3 is 2.88 bits per heavy atom. The van der Waals surface area contributed by atoms with Gasteiger partial charge in [-0.25, -0.2) is 0 Å². The molecule has 1 saturated carbocycles. The first-order valence-electron chi connectivity index (χ1n) is 5.57. The molecule has 0 spiro atoms. The van der Waals surface area contributed by atoms with Gasteiger partial charge >= 0.3 is 0 Å². The Bertz CT molecular complexity index is 371. The number of carbonyl (C=O) groups is 1. The van der Waals surface area contributed by atoms with Crippen molar-refractivity contribution in [2.45, 2.75) is 25.9 Å². The Morgan fingerprint density at radius 1 is 1.62 bits per heavy atom. The highest BCUT2D eigenvalue weighted by Gasteiger charge is 2.29. The van der Waals surface area contributed by atoms with Crippen LogP contribution >= 0.6 is 11.3 Å². The zero-order valence-corrected chi connectivity index (χ0v) is 10.5. The van der Waals surface area contributed by atoms with E-state index in [0.717, 1.165) is 12.8 Å². The van der Waals surface area contributed by atoms with Crippen molar-refractivity contribution in [2.24, 2.45) is 5.92 Å². The van der Waals surface area contributed by atoms with Gasteiger partial charge in [0.15, 0.2) is 0 Å². The van der Waals surface area contributed by atoms with Crippen molar-refractivity contribution in [3.8, 4) is 0 Å². The van der Waals surface area contributed by atoms with Gasteiger partial charge in [0.2, 0.25) is 5.91 Å². The van der Waals surface area contributed by atoms with Crippen molar-refractivity contribution in [1.82, 2.24) is 5.32 Å². The Morgan fingerprint density at radius 2 is 2.38 bits per heavy atom. The second-order valence-corrected chi connectivity index (χ2v) is 5.51. The van der Waals surface area contributed by atoms with E-state index in [4.69, 9.17) is 4.74 Å². The normalized spacial score (nSPS) is 17.1. The number of rotatable bonds is 5. The molecule has 1 aliphatic rings. The Hall–Kier alpha value is -0.870. The van der Waals surface area contributed by atoms with Crippen LogP contribution in [0.25, 0.3) is 0 Å². The van der Waals surface area contributed by atoms with Gasteiger partial charge < -0.3 is 10.1 Å². The number of hydrogen-bond donors (Lipinski definition) is 1. The lowest BCUT2D eigenvalue weighted by molar-refractivity contribution is -0.122. The molecule has 0 bridgehead atoms. The summed E-state index contributed by atoms with van der Waals surface area (Å²) in [6.45, 7) is 2.65. The topological polar surface area (TPSA) is 38.3 Å². The molecule has 1 atom stereocenters. The van der Waals surface area contributed by atoms with Crippen molar-refractivity contribution < 1.29 is 9.53 Å². The molecule has 1 aromatic heterocycles. The number of thiophene rings is 1. The summed E-state index contributed by atoms with van der Waals surface area (Å²) in [5, 5.41) is 2.95. The highest BCUT2D eigenvalue weighted by Crippen LogP contribution is 2.29. The standard InChI is InChI=1S/C12H17NO2S/c1-8-3-6-11(16-8)10(15-2)7-13-12(14)9-4-5-9/h3,6,9-10H,4-5,7H2,1-2H3,(H,13,14). The van der Waals surface area contributed by atoms with Crippen LogP contribution in [0, 0.1) is 12.8 Å². The molecule has 2 rings (SSSR count). The molecule has 3 nitrogen and oxygen atoms in total. The molecule has 1 unspecified atom stereocenters. The fourth-order valence-corrected chi connectivity index (χ4v) is 2.56. The molecule has 1 N–H and O–H groups in total. The number of ether oxygens (including phenoxy) is 1. The maximum Gasteiger partial charge on any atom is 0.223 e. The summed E-state index contributed by atoms with van der Waals surface area (Å²) in [4.78, 5) is 13.9. The van der Waals surface area contributed by atoms with Crippen molar-refractivity contribution >= 4 is 17.2 Å². The van der Waals surface area contributed by atoms with Crippen LogP contribution in [0.5, 0.6) is 0 Å². The second kappa shape index (κ2) is 4.97. The van der Waals surface area contributed by atoms with Crippen LogP contribution in [0.3, 0.4) is 0 Å². The molecule has 0 saturated heterocycles. The van der Waals surface area contributed by atoms with E-state index in [0.29, 0.717) is 6.54 Å². The Balaban J connectivity index is 1.87. The van der Waals surface area contributed by atoms with Gasteiger partial charge in [0.05, 0.1) is 0 Å². The number of carbonyl (C=O) groups excluding carboxylic acids is 1. The first-order chi connectivity index (χ1) is 7.70. The Kier molecular flexibility index (Phi) is 3.61. The third-order valence-corrected chi connectivity index (χ3v) is 3.87. The summed E-state index contributed by atoms with van der Waals surface area (Å²) in [6, 6.07) is 4.15. The zero-order chi connectivity index (χ0) is 11.5. The molecule has 1 aliphatic carbocycles. The molecular formula is C12H17NO2S. The van der Waals surface area contributed by atoms with Crippen molar-refractivity contribution in [1.29, 1.82) is 0 Å². The number of hydrogen-bond acceptors (Lipinski definition) is 3. The van der Waals surface area contributed by atoms with Crippen LogP contribution < -0.4 is 5.32 Å². The summed E-state index contributed by atoms with van der Waals surface area (Å²) < 4.78 is 5.40. The highest BCUT2D eigenvalue weighted by atomic mass is 32.1. The summed E-state index contributed by atoms with van der Waals surface area (Å²) in [5.41, 5.74) is 0. The van der Waals surface area contributed by atoms with Crippen LogP contribution in [-0.2, 0) is 9.53 Å². The fraction of sp³-hybridized carbons (Fsp3) is 0.583. The van der Waals surface area contributed by atoms with E-state index in [-0.39, 0.29) is 17.9 Å². The Labute approximate surface area is 99.8 Å². The summed E-state index contributed by atoms with van der Waals surface area (Å²) in [6.07, 6.45) is 2.07. The molecule has 4 heteroatoms. The van der Waals surface area contributed by atoms with Gasteiger partial charge in [0.25, 0.3) is 0 Å². The van der Waals surface area contributed by atoms with Gasteiger partial charge in [-0.15, -0.1) is 11.3 Å². The van der Waals surface area contributed by atoms with Crippen LogP contribution in [-0.4, -0.2) is 19.6 Å². The fourth-order valence-electron chi connectivity index (χ4n) is 1.61. The smallest absolute Gasteiger partial charge is 0.223 e. The van der Waals surface area contributed by atoms with Gasteiger partial charge in [-0.3, -0.25) is 4.79 Å². The minimum Gasteiger partial charge on any atom is -0.374 e. The largest absolute Gasteiger partial charge is 0.374 e. The van der Waals surface area contributed by atoms with Crippen LogP contribution in [0.15, 0.2) is 12.1 Å². The predicted octanol–water partition coefficient (Wildman–Crippen LogP) is 2.27. The van der Waals surface area contributed by atoms with E-state index in [1.807, 2.05) is 0 Å². The van der Waals surface area contributed by atoms with Crippen LogP contribution in [0.1, 0.15) is 28.7 Å². The van der Waals surface area contributed by atoms with Gasteiger partial charge in [-0.1, -0.05) is 0 Å². The van der Waals surface area contributed by atoms with Crippen molar-refractivity contribution in [2.75, 3.05) is 13.7 Å². The molecule has 0 aliphatic heterocycles. The lowest BCUT2D eigenvalue weighted by Crippen LogP contribution is -2.29. The third-order valence-electron chi connectivity index (χ3n) is 2.77. The van der Waals surface area contributed by atoms with E-state index in [9.17, 15) is 4.79 Å². The minimum atomic E-state index is -0.0126. The van der Waals surface area contributed by atoms with Crippen molar-refractivity contribution in [3.05, 3.63) is 21.9 Å². The molecule has 1 heterocycles. The maximum atomic E-state index is 11.5. The average Bonchev–Trinajstić information content (AvgIpc) is 3.03. The summed E-state index contributed by atoms with van der Waals surface area (Å²) in [5.74, 6) is 0.443. The van der Waals surface area contributed by atoms with Crippen molar-refractivity contribution in [3.63, 3.8) is 0 Å². The monoisotopic (exact) mass is 239 g/mol. The van der Waals surface area contributed by atoms with Gasteiger partial charge in [-0.05, 0) is 31.9 Å². The van der Waals surface area contributed by atoms with E-state index < -0.39 is 0 Å². The van der Waals surface area contributed by atoms with E-state index in [1.54, 1.807) is 18.4 Å². The highest BCUT2D eigenvalue weighted by molar-refractivity contribution is 7.12. The van der Waals surface area contributed by atoms with Gasteiger partial charge in [0.1, 0.15) is 6.10 Å². The molecule has 88 valence electrons. The number of methoxy groups -OCH3 is 1. The molecule has 0 radical (unpaired) electrons. The zero-order valence-electron chi connectivity index (χ0n) is 9.66. The molecule has 1 amide bonds. The minimum absolute atomic E-state index is 0.0126. The number of nitrogens with one attached hydrogen (secondary N) is 1. The number of amides is 1. The summed E-state index contributed by atoms with van der Waals surface area (Å²) >= 11 is 1.72. The number of aryl methyl sites for hydroxylation is 1. The molecule has 0 aromatic carbocycles. The maximum absolute atomic E-state index is 11.5. The van der Waals surface area contributed by atoms with Crippen LogP contribution in [0.4, 0.5) is 0 Å². The molecular weight excluding hydrogens is 222 g/mol. The predicted molar refractivity (Wildman–Crippen MR) is 64.5 cm³/mol. The summed E-state index contributed by atoms with van der Waals surface area (Å²) in [7, 11) is 1.68. The van der Waals surface area contributed by atoms with E-state index in [1.165, 1.54) is 9.75 Å². The van der Waals surface area contributed by atoms with E-state index in [2.05, 4.69) is 24.4 Å². The third kappa shape index (κ3) is 2.83. The van der Waals surface area contributed by atoms with Crippen LogP contribution in [0.2, 0.25) is 0 Å². The SMILES string of the molecule is COC(CNC(=O)C1CC1)c1ccc(C)s1. The molecule has 1 fully saturated rings. The first kappa shape index (κ1) is 11.6. The lowest BCUT2D eigenvalue weighted by Gasteiger charge is -2.14. The quantitative estimate of drug-likeness (QED) is 0.856. The van der Waals surface area contributed by atoms with Gasteiger partial charge in [-0.2, -0.15) is 0 Å². The first-order valence-corrected chi connectivity index (χ1v) is 6.39. The molecule has 16 heavy (non-hydrogen) atoms.